The van der Waals surface area contributed by atoms with Crippen molar-refractivity contribution in [3.05, 3.63) is 66.0 Å². The molecule has 0 bridgehead atoms. The molecule has 3 nitrogen and oxygen atoms in total. The van der Waals surface area contributed by atoms with Crippen LogP contribution >= 0.6 is 0 Å². The van der Waals surface area contributed by atoms with E-state index >= 15 is 0 Å². The molecule has 0 unspecified atom stereocenters. The molecule has 1 aromatic heterocycles. The molecular formula is C13H9FN2O. The largest absolute Gasteiger partial charge is 0.287 e. The first-order valence-corrected chi connectivity index (χ1v) is 5.00. The Morgan fingerprint density at radius 1 is 1.24 bits per heavy atom. The van der Waals surface area contributed by atoms with Crippen molar-refractivity contribution in [3.8, 4) is 0 Å². The van der Waals surface area contributed by atoms with Crippen LogP contribution in [0.4, 0.5) is 4.39 Å². The van der Waals surface area contributed by atoms with E-state index in [0.29, 0.717) is 5.56 Å². The van der Waals surface area contributed by atoms with Crippen LogP contribution in [0.15, 0.2) is 48.9 Å². The number of aromatic nitrogens is 2. The smallest absolute Gasteiger partial charge is 0.205 e. The van der Waals surface area contributed by atoms with E-state index < -0.39 is 0 Å². The van der Waals surface area contributed by atoms with Crippen LogP contribution in [0.2, 0.25) is 0 Å². The topological polar surface area (TPSA) is 42.9 Å². The molecule has 2 aromatic rings. The maximum absolute atomic E-state index is 13.3. The Kier molecular flexibility index (Phi) is 3.35. The molecule has 0 atom stereocenters. The van der Waals surface area contributed by atoms with Crippen LogP contribution in [0.5, 0.6) is 0 Å². The number of carbonyl (C=O) groups is 1. The van der Waals surface area contributed by atoms with Crippen molar-refractivity contribution in [2.24, 2.45) is 0 Å². The average Bonchev–Trinajstić information content (AvgIpc) is 2.38. The van der Waals surface area contributed by atoms with Gasteiger partial charge in [-0.15, -0.1) is 0 Å². The molecule has 0 saturated heterocycles. The lowest BCUT2D eigenvalue weighted by Gasteiger charge is -1.95. The standard InChI is InChI=1S/C13H9FN2O/c14-11-4-2-1-3-10(11)5-6-13(17)12-9-15-7-8-16-12/h1-9H/b6-5+. The molecule has 4 heteroatoms. The van der Waals surface area contributed by atoms with E-state index in [-0.39, 0.29) is 17.3 Å². The Hall–Kier alpha value is -2.36. The highest BCUT2D eigenvalue weighted by Crippen LogP contribution is 2.08. The predicted octanol–water partition coefficient (Wildman–Crippen LogP) is 2.51. The van der Waals surface area contributed by atoms with Gasteiger partial charge in [0.25, 0.3) is 0 Å². The van der Waals surface area contributed by atoms with E-state index in [9.17, 15) is 9.18 Å². The van der Waals surface area contributed by atoms with E-state index in [2.05, 4.69) is 9.97 Å². The Balaban J connectivity index is 2.17. The summed E-state index contributed by atoms with van der Waals surface area (Å²) in [5.41, 5.74) is 0.602. The first-order chi connectivity index (χ1) is 8.27. The quantitative estimate of drug-likeness (QED) is 0.598. The Morgan fingerprint density at radius 2 is 2.06 bits per heavy atom. The minimum Gasteiger partial charge on any atom is -0.287 e. The van der Waals surface area contributed by atoms with Gasteiger partial charge in [0.05, 0.1) is 6.20 Å². The van der Waals surface area contributed by atoms with E-state index in [1.54, 1.807) is 18.2 Å². The number of benzene rings is 1. The fourth-order valence-corrected chi connectivity index (χ4v) is 1.29. The molecule has 0 amide bonds. The molecule has 0 spiro atoms. The van der Waals surface area contributed by atoms with Crippen LogP contribution in [-0.4, -0.2) is 15.8 Å². The van der Waals surface area contributed by atoms with Crippen molar-refractivity contribution in [1.82, 2.24) is 9.97 Å². The zero-order valence-electron chi connectivity index (χ0n) is 8.88. The monoisotopic (exact) mass is 228 g/mol. The molecule has 0 saturated carbocycles. The van der Waals surface area contributed by atoms with Gasteiger partial charge in [-0.3, -0.25) is 9.78 Å². The second-order valence-electron chi connectivity index (χ2n) is 3.31. The fourth-order valence-electron chi connectivity index (χ4n) is 1.29. The highest BCUT2D eigenvalue weighted by Gasteiger charge is 2.03. The zero-order valence-corrected chi connectivity index (χ0v) is 8.88. The summed E-state index contributed by atoms with van der Waals surface area (Å²) in [6.07, 6.45) is 6.99. The third kappa shape index (κ3) is 2.81. The average molecular weight is 228 g/mol. The van der Waals surface area contributed by atoms with Gasteiger partial charge in [0.15, 0.2) is 0 Å². The van der Waals surface area contributed by atoms with Crippen LogP contribution in [0.3, 0.4) is 0 Å². The maximum atomic E-state index is 13.3. The third-order valence-corrected chi connectivity index (χ3v) is 2.14. The highest BCUT2D eigenvalue weighted by atomic mass is 19.1. The molecule has 0 radical (unpaired) electrons. The molecule has 0 fully saturated rings. The second kappa shape index (κ2) is 5.12. The van der Waals surface area contributed by atoms with Crippen LogP contribution < -0.4 is 0 Å². The highest BCUT2D eigenvalue weighted by molar-refractivity contribution is 6.05. The number of hydrogen-bond donors (Lipinski definition) is 0. The van der Waals surface area contributed by atoms with Gasteiger partial charge in [0.1, 0.15) is 11.5 Å². The second-order valence-corrected chi connectivity index (χ2v) is 3.31. The third-order valence-electron chi connectivity index (χ3n) is 2.14. The van der Waals surface area contributed by atoms with Gasteiger partial charge >= 0.3 is 0 Å². The van der Waals surface area contributed by atoms with Gasteiger partial charge in [-0.2, -0.15) is 0 Å². The van der Waals surface area contributed by atoms with Crippen LogP contribution in [-0.2, 0) is 0 Å². The summed E-state index contributed by atoms with van der Waals surface area (Å²) in [6.45, 7) is 0. The van der Waals surface area contributed by atoms with Gasteiger partial charge < -0.3 is 0 Å². The van der Waals surface area contributed by atoms with Crippen molar-refractivity contribution in [2.45, 2.75) is 0 Å². The molecule has 1 aromatic carbocycles. The molecule has 0 aliphatic carbocycles. The summed E-state index contributed by atoms with van der Waals surface area (Å²) in [6, 6.07) is 6.23. The van der Waals surface area contributed by atoms with E-state index in [4.69, 9.17) is 0 Å². The number of allylic oxidation sites excluding steroid dienone is 1. The fraction of sp³-hybridized carbons (Fsp3) is 0. The predicted molar refractivity (Wildman–Crippen MR) is 61.8 cm³/mol. The van der Waals surface area contributed by atoms with Crippen molar-refractivity contribution < 1.29 is 9.18 Å². The van der Waals surface area contributed by atoms with Gasteiger partial charge in [0.2, 0.25) is 5.78 Å². The van der Waals surface area contributed by atoms with Gasteiger partial charge in [-0.05, 0) is 18.2 Å². The maximum Gasteiger partial charge on any atom is 0.205 e. The summed E-state index contributed by atoms with van der Waals surface area (Å²) in [7, 11) is 0. The molecule has 0 aliphatic rings. The first-order valence-electron chi connectivity index (χ1n) is 5.00. The van der Waals surface area contributed by atoms with Crippen molar-refractivity contribution in [1.29, 1.82) is 0 Å². The Labute approximate surface area is 97.7 Å². The minimum absolute atomic E-state index is 0.236. The van der Waals surface area contributed by atoms with Crippen molar-refractivity contribution >= 4 is 11.9 Å². The molecule has 0 aliphatic heterocycles. The van der Waals surface area contributed by atoms with Crippen LogP contribution in [0.25, 0.3) is 6.08 Å². The summed E-state index contributed by atoms with van der Waals surface area (Å²) < 4.78 is 13.3. The van der Waals surface area contributed by atoms with Crippen LogP contribution in [0, 0.1) is 5.82 Å². The lowest BCUT2D eigenvalue weighted by molar-refractivity contribution is 0.104. The number of rotatable bonds is 3. The zero-order chi connectivity index (χ0) is 12.1. The number of nitrogens with zero attached hydrogens (tertiary/aromatic N) is 2. The van der Waals surface area contributed by atoms with Crippen molar-refractivity contribution in [2.75, 3.05) is 0 Å². The SMILES string of the molecule is O=C(/C=C/c1ccccc1F)c1cnccn1. The van der Waals surface area contributed by atoms with E-state index in [1.807, 2.05) is 0 Å². The molecular weight excluding hydrogens is 219 g/mol. The summed E-state index contributed by atoms with van der Waals surface area (Å²) >= 11 is 0. The minimum atomic E-state index is -0.365. The number of hydrogen-bond acceptors (Lipinski definition) is 3. The summed E-state index contributed by atoms with van der Waals surface area (Å²) in [4.78, 5) is 19.3. The first kappa shape index (κ1) is 11.1. The summed E-state index contributed by atoms with van der Waals surface area (Å²) in [5.74, 6) is -0.669. The van der Waals surface area contributed by atoms with Crippen LogP contribution in [0.1, 0.15) is 16.1 Å². The molecule has 1 heterocycles. The molecule has 2 rings (SSSR count). The Morgan fingerprint density at radius 3 is 2.76 bits per heavy atom. The van der Waals surface area contributed by atoms with E-state index in [1.165, 1.54) is 36.8 Å². The van der Waals surface area contributed by atoms with Crippen molar-refractivity contribution in [3.63, 3.8) is 0 Å². The lowest BCUT2D eigenvalue weighted by Crippen LogP contribution is -1.98. The molecule has 84 valence electrons. The van der Waals surface area contributed by atoms with Gasteiger partial charge in [0, 0.05) is 18.0 Å². The van der Waals surface area contributed by atoms with E-state index in [0.717, 1.165) is 0 Å². The summed E-state index contributed by atoms with van der Waals surface area (Å²) in [5, 5.41) is 0. The molecule has 17 heavy (non-hydrogen) atoms. The Bertz CT molecular complexity index is 552. The number of halogens is 1. The lowest BCUT2D eigenvalue weighted by atomic mass is 10.1. The molecule has 0 N–H and O–H groups in total. The number of carbonyl (C=O) groups excluding carboxylic acids is 1. The normalized spacial score (nSPS) is 10.6. The number of ketones is 1. The van der Waals surface area contributed by atoms with Gasteiger partial charge in [-0.25, -0.2) is 9.37 Å². The van der Waals surface area contributed by atoms with Gasteiger partial charge in [-0.1, -0.05) is 18.2 Å².